The highest BCUT2D eigenvalue weighted by Gasteiger charge is 2.31. The first-order valence-corrected chi connectivity index (χ1v) is 10.4. The molecule has 4 rings (SSSR count). The molecule has 0 atom stereocenters. The first-order valence-electron chi connectivity index (χ1n) is 10.4. The highest BCUT2D eigenvalue weighted by Crippen LogP contribution is 2.24. The summed E-state index contributed by atoms with van der Waals surface area (Å²) in [7, 11) is 3.16. The van der Waals surface area contributed by atoms with E-state index in [1.165, 1.54) is 17.7 Å². The highest BCUT2D eigenvalue weighted by molar-refractivity contribution is 5.79. The summed E-state index contributed by atoms with van der Waals surface area (Å²) in [5, 5.41) is 0. The van der Waals surface area contributed by atoms with Crippen LogP contribution in [0.3, 0.4) is 0 Å². The molecule has 2 aromatic heterocycles. The standard InChI is InChI=1S/C21H28N6O3/c1-23-18(15-19(28)24(2)21(23)30)26-9-6-16(7-10-26)20(29)27-13-11-25(12-14-27)17-5-3-4-8-22-17/h3-5,8,15-16H,6-7,9-14H2,1-2H3. The molecule has 0 radical (unpaired) electrons. The second-order valence-electron chi connectivity index (χ2n) is 8.00. The van der Waals surface area contributed by atoms with E-state index < -0.39 is 0 Å². The van der Waals surface area contributed by atoms with Crippen molar-refractivity contribution in [1.82, 2.24) is 19.0 Å². The first kappa shape index (κ1) is 20.2. The Morgan fingerprint density at radius 1 is 0.933 bits per heavy atom. The summed E-state index contributed by atoms with van der Waals surface area (Å²) in [5.41, 5.74) is -0.640. The monoisotopic (exact) mass is 412 g/mol. The summed E-state index contributed by atoms with van der Waals surface area (Å²) >= 11 is 0. The minimum absolute atomic E-state index is 0.00813. The van der Waals surface area contributed by atoms with Gasteiger partial charge in [-0.3, -0.25) is 18.7 Å². The Bertz CT molecular complexity index is 1020. The van der Waals surface area contributed by atoms with Crippen LogP contribution in [0.2, 0.25) is 0 Å². The second kappa shape index (κ2) is 8.33. The number of nitrogens with zero attached hydrogens (tertiary/aromatic N) is 6. The predicted molar refractivity (Wildman–Crippen MR) is 115 cm³/mol. The molecule has 0 saturated carbocycles. The quantitative estimate of drug-likeness (QED) is 0.708. The average Bonchev–Trinajstić information content (AvgIpc) is 2.80. The Morgan fingerprint density at radius 2 is 1.63 bits per heavy atom. The van der Waals surface area contributed by atoms with Gasteiger partial charge in [0.1, 0.15) is 11.6 Å². The molecule has 2 saturated heterocycles. The molecule has 160 valence electrons. The van der Waals surface area contributed by atoms with Crippen molar-refractivity contribution in [3.8, 4) is 0 Å². The molecule has 2 aliphatic rings. The zero-order valence-corrected chi connectivity index (χ0v) is 17.5. The van der Waals surface area contributed by atoms with Crippen molar-refractivity contribution in [2.24, 2.45) is 20.0 Å². The maximum atomic E-state index is 13.0. The Balaban J connectivity index is 1.34. The molecule has 2 aliphatic heterocycles. The molecular formula is C21H28N6O3. The van der Waals surface area contributed by atoms with E-state index in [1.807, 2.05) is 28.0 Å². The van der Waals surface area contributed by atoms with E-state index >= 15 is 0 Å². The largest absolute Gasteiger partial charge is 0.358 e. The Kier molecular flexibility index (Phi) is 5.61. The number of amides is 1. The van der Waals surface area contributed by atoms with Gasteiger partial charge in [-0.15, -0.1) is 0 Å². The van der Waals surface area contributed by atoms with Gasteiger partial charge in [-0.25, -0.2) is 9.78 Å². The van der Waals surface area contributed by atoms with Gasteiger partial charge in [0.25, 0.3) is 5.56 Å². The van der Waals surface area contributed by atoms with Gasteiger partial charge in [0.05, 0.1) is 0 Å². The number of anilines is 2. The van der Waals surface area contributed by atoms with E-state index in [4.69, 9.17) is 0 Å². The lowest BCUT2D eigenvalue weighted by Gasteiger charge is -2.39. The lowest BCUT2D eigenvalue weighted by Crippen LogP contribution is -2.52. The van der Waals surface area contributed by atoms with Gasteiger partial charge in [-0.2, -0.15) is 0 Å². The maximum Gasteiger partial charge on any atom is 0.332 e. The number of hydrogen-bond donors (Lipinski definition) is 0. The second-order valence-corrected chi connectivity index (χ2v) is 8.00. The summed E-state index contributed by atoms with van der Waals surface area (Å²) < 4.78 is 2.60. The molecule has 0 spiro atoms. The smallest absolute Gasteiger partial charge is 0.332 e. The summed E-state index contributed by atoms with van der Waals surface area (Å²) in [6.45, 7) is 4.31. The summed E-state index contributed by atoms with van der Waals surface area (Å²) in [6, 6.07) is 7.38. The normalized spacial score (nSPS) is 18.0. The first-order chi connectivity index (χ1) is 14.5. The minimum Gasteiger partial charge on any atom is -0.358 e. The topological polar surface area (TPSA) is 83.7 Å². The van der Waals surface area contributed by atoms with Crippen LogP contribution in [0.5, 0.6) is 0 Å². The van der Waals surface area contributed by atoms with Crippen molar-refractivity contribution in [2.75, 3.05) is 49.1 Å². The third kappa shape index (κ3) is 3.83. The van der Waals surface area contributed by atoms with Gasteiger partial charge in [0, 0.05) is 71.5 Å². The van der Waals surface area contributed by atoms with Crippen molar-refractivity contribution in [3.05, 3.63) is 51.3 Å². The van der Waals surface area contributed by atoms with Gasteiger partial charge < -0.3 is 14.7 Å². The van der Waals surface area contributed by atoms with Crippen molar-refractivity contribution < 1.29 is 4.79 Å². The van der Waals surface area contributed by atoms with Gasteiger partial charge >= 0.3 is 5.69 Å². The van der Waals surface area contributed by atoms with Crippen molar-refractivity contribution in [3.63, 3.8) is 0 Å². The summed E-state index contributed by atoms with van der Waals surface area (Å²) in [6.07, 6.45) is 3.24. The fraction of sp³-hybridized carbons (Fsp3) is 0.524. The van der Waals surface area contributed by atoms with Crippen LogP contribution in [0.4, 0.5) is 11.6 Å². The third-order valence-corrected chi connectivity index (χ3v) is 6.23. The van der Waals surface area contributed by atoms with E-state index in [-0.39, 0.29) is 23.1 Å². The molecule has 0 N–H and O–H groups in total. The number of hydrogen-bond acceptors (Lipinski definition) is 6. The van der Waals surface area contributed by atoms with Gasteiger partial charge in [-0.1, -0.05) is 6.07 Å². The Labute approximate surface area is 175 Å². The van der Waals surface area contributed by atoms with Crippen LogP contribution in [0.25, 0.3) is 0 Å². The van der Waals surface area contributed by atoms with Crippen LogP contribution < -0.4 is 21.0 Å². The number of rotatable bonds is 3. The minimum atomic E-state index is -0.332. The van der Waals surface area contributed by atoms with Crippen molar-refractivity contribution in [2.45, 2.75) is 12.8 Å². The van der Waals surface area contributed by atoms with E-state index in [9.17, 15) is 14.4 Å². The average molecular weight is 412 g/mol. The van der Waals surface area contributed by atoms with Crippen LogP contribution in [-0.2, 0) is 18.9 Å². The van der Waals surface area contributed by atoms with Crippen LogP contribution in [-0.4, -0.2) is 64.2 Å². The van der Waals surface area contributed by atoms with Crippen LogP contribution in [0.1, 0.15) is 12.8 Å². The SMILES string of the molecule is Cn1c(N2CCC(C(=O)N3CCN(c4ccccn4)CC3)CC2)cc(=O)n(C)c1=O. The fourth-order valence-electron chi connectivity index (χ4n) is 4.34. The number of pyridine rings is 1. The van der Waals surface area contributed by atoms with Gasteiger partial charge in [-0.05, 0) is 25.0 Å². The Hall–Kier alpha value is -3.10. The maximum absolute atomic E-state index is 13.0. The summed E-state index contributed by atoms with van der Waals surface area (Å²) in [5.74, 6) is 1.79. The van der Waals surface area contributed by atoms with Crippen LogP contribution in [0, 0.1) is 5.92 Å². The fourth-order valence-corrected chi connectivity index (χ4v) is 4.34. The molecule has 9 heteroatoms. The molecule has 0 aliphatic carbocycles. The van der Waals surface area contributed by atoms with Gasteiger partial charge in [0.15, 0.2) is 0 Å². The molecule has 0 unspecified atom stereocenters. The van der Waals surface area contributed by atoms with Crippen LogP contribution in [0.15, 0.2) is 40.1 Å². The van der Waals surface area contributed by atoms with E-state index in [0.29, 0.717) is 32.0 Å². The van der Waals surface area contributed by atoms with E-state index in [2.05, 4.69) is 9.88 Å². The zero-order valence-electron chi connectivity index (χ0n) is 17.5. The van der Waals surface area contributed by atoms with E-state index in [1.54, 1.807) is 13.2 Å². The van der Waals surface area contributed by atoms with E-state index in [0.717, 1.165) is 36.3 Å². The zero-order chi connectivity index (χ0) is 21.3. The number of piperidine rings is 1. The lowest BCUT2D eigenvalue weighted by atomic mass is 9.95. The molecular weight excluding hydrogens is 384 g/mol. The number of carbonyl (C=O) groups excluding carboxylic acids is 1. The summed E-state index contributed by atoms with van der Waals surface area (Å²) in [4.78, 5) is 47.8. The molecule has 2 fully saturated rings. The van der Waals surface area contributed by atoms with Crippen LogP contribution >= 0.6 is 0 Å². The highest BCUT2D eigenvalue weighted by atomic mass is 16.2. The Morgan fingerprint density at radius 3 is 2.27 bits per heavy atom. The molecule has 30 heavy (non-hydrogen) atoms. The predicted octanol–water partition coefficient (Wildman–Crippen LogP) is 0.0442. The molecule has 0 aromatic carbocycles. The molecule has 0 bridgehead atoms. The number of aromatic nitrogens is 3. The van der Waals surface area contributed by atoms with Crippen molar-refractivity contribution in [1.29, 1.82) is 0 Å². The molecule has 9 nitrogen and oxygen atoms in total. The molecule has 2 aromatic rings. The third-order valence-electron chi connectivity index (χ3n) is 6.23. The van der Waals surface area contributed by atoms with Crippen molar-refractivity contribution >= 4 is 17.5 Å². The lowest BCUT2D eigenvalue weighted by molar-refractivity contribution is -0.136. The molecule has 1 amide bonds. The number of piperazine rings is 1. The number of carbonyl (C=O) groups is 1. The van der Waals surface area contributed by atoms with Gasteiger partial charge in [0.2, 0.25) is 5.91 Å². The molecule has 4 heterocycles.